The van der Waals surface area contributed by atoms with Crippen molar-refractivity contribution in [3.63, 3.8) is 0 Å². The Hall–Kier alpha value is -4.01. The number of hydrogen-bond acceptors (Lipinski definition) is 5. The molecule has 0 atom stereocenters. The summed E-state index contributed by atoms with van der Waals surface area (Å²) in [6.07, 6.45) is -4.49. The zero-order valence-electron chi connectivity index (χ0n) is 19.8. The molecular weight excluding hydrogens is 471 g/mol. The van der Waals surface area contributed by atoms with Gasteiger partial charge in [-0.25, -0.2) is 4.99 Å². The topological polar surface area (TPSA) is 54.4 Å². The van der Waals surface area contributed by atoms with Gasteiger partial charge in [0, 0.05) is 31.7 Å². The molecule has 0 N–H and O–H groups in total. The van der Waals surface area contributed by atoms with Crippen LogP contribution in [0.25, 0.3) is 0 Å². The summed E-state index contributed by atoms with van der Waals surface area (Å²) in [5.41, 5.74) is 1.54. The van der Waals surface area contributed by atoms with Gasteiger partial charge in [0.2, 0.25) is 0 Å². The van der Waals surface area contributed by atoms with E-state index in [-0.39, 0.29) is 17.3 Å². The standard InChI is InChI=1S/C27H24F3N3O3/c1-17-6-8-23-21(14-17)25(31-22-16-19(27(28,29)30)7-9-24(22)36-23)32-10-12-33(13-11-32)26(34)18-4-3-5-20(15-18)35-2/h3-9,14-16H,10-13H2,1-2H3. The maximum atomic E-state index is 13.4. The van der Waals surface area contributed by atoms with Crippen LogP contribution in [-0.2, 0) is 6.18 Å². The smallest absolute Gasteiger partial charge is 0.416 e. The SMILES string of the molecule is COc1cccc(C(=O)N2CCN(C3=Nc4cc(C(F)(F)F)ccc4Oc4ccc(C)cc43)CC2)c1. The van der Waals surface area contributed by atoms with Crippen LogP contribution in [0.1, 0.15) is 27.0 Å². The van der Waals surface area contributed by atoms with Crippen molar-refractivity contribution in [2.75, 3.05) is 33.3 Å². The monoisotopic (exact) mass is 495 g/mol. The summed E-state index contributed by atoms with van der Waals surface area (Å²) in [4.78, 5) is 21.5. The Morgan fingerprint density at radius 3 is 2.44 bits per heavy atom. The van der Waals surface area contributed by atoms with Crippen molar-refractivity contribution in [3.05, 3.63) is 82.9 Å². The van der Waals surface area contributed by atoms with Gasteiger partial charge in [-0.1, -0.05) is 17.7 Å². The summed E-state index contributed by atoms with van der Waals surface area (Å²) >= 11 is 0. The molecule has 1 fully saturated rings. The molecule has 0 unspecified atom stereocenters. The Morgan fingerprint density at radius 2 is 1.72 bits per heavy atom. The molecule has 5 rings (SSSR count). The van der Waals surface area contributed by atoms with E-state index < -0.39 is 11.7 Å². The number of aryl methyl sites for hydroxylation is 1. The lowest BCUT2D eigenvalue weighted by atomic mass is 10.1. The van der Waals surface area contributed by atoms with Gasteiger partial charge < -0.3 is 19.3 Å². The highest BCUT2D eigenvalue weighted by Crippen LogP contribution is 2.42. The van der Waals surface area contributed by atoms with E-state index in [2.05, 4.69) is 4.99 Å². The minimum atomic E-state index is -4.49. The van der Waals surface area contributed by atoms with E-state index in [0.717, 1.165) is 17.7 Å². The number of amides is 1. The summed E-state index contributed by atoms with van der Waals surface area (Å²) in [5, 5.41) is 0. The minimum absolute atomic E-state index is 0.101. The lowest BCUT2D eigenvalue weighted by molar-refractivity contribution is -0.137. The summed E-state index contributed by atoms with van der Waals surface area (Å²) in [5.74, 6) is 1.82. The minimum Gasteiger partial charge on any atom is -0.497 e. The molecule has 0 spiro atoms. The third kappa shape index (κ3) is 4.60. The number of aliphatic imine (C=N–C) groups is 1. The first kappa shape index (κ1) is 23.7. The zero-order chi connectivity index (χ0) is 25.4. The van der Waals surface area contributed by atoms with Gasteiger partial charge in [-0.2, -0.15) is 13.2 Å². The van der Waals surface area contributed by atoms with Gasteiger partial charge in [0.15, 0.2) is 5.75 Å². The van der Waals surface area contributed by atoms with E-state index in [1.54, 1.807) is 42.3 Å². The van der Waals surface area contributed by atoms with Crippen LogP contribution in [0.2, 0.25) is 0 Å². The molecule has 2 heterocycles. The second-order valence-corrected chi connectivity index (χ2v) is 8.73. The number of hydrogen-bond donors (Lipinski definition) is 0. The van der Waals surface area contributed by atoms with Gasteiger partial charge in [-0.15, -0.1) is 0 Å². The fourth-order valence-corrected chi connectivity index (χ4v) is 4.37. The molecule has 0 aromatic heterocycles. The number of fused-ring (bicyclic) bond motifs is 2. The van der Waals surface area contributed by atoms with E-state index in [4.69, 9.17) is 9.47 Å². The Kier molecular flexibility index (Phi) is 6.07. The highest BCUT2D eigenvalue weighted by atomic mass is 19.4. The van der Waals surface area contributed by atoms with Gasteiger partial charge in [-0.3, -0.25) is 4.79 Å². The quantitative estimate of drug-likeness (QED) is 0.460. The van der Waals surface area contributed by atoms with Gasteiger partial charge in [-0.05, 0) is 55.5 Å². The first-order valence-corrected chi connectivity index (χ1v) is 11.5. The number of carbonyl (C=O) groups excluding carboxylic acids is 1. The lowest BCUT2D eigenvalue weighted by Gasteiger charge is -2.36. The van der Waals surface area contributed by atoms with E-state index >= 15 is 0 Å². The Bertz CT molecular complexity index is 1350. The van der Waals surface area contributed by atoms with Crippen LogP contribution < -0.4 is 9.47 Å². The van der Waals surface area contributed by atoms with Crippen LogP contribution in [0.4, 0.5) is 18.9 Å². The van der Waals surface area contributed by atoms with Crippen LogP contribution >= 0.6 is 0 Å². The van der Waals surface area contributed by atoms with Gasteiger partial charge in [0.25, 0.3) is 5.91 Å². The molecular formula is C27H24F3N3O3. The lowest BCUT2D eigenvalue weighted by Crippen LogP contribution is -2.50. The largest absolute Gasteiger partial charge is 0.497 e. The van der Waals surface area contributed by atoms with Crippen molar-refractivity contribution < 1.29 is 27.4 Å². The average molecular weight is 496 g/mol. The highest BCUT2D eigenvalue weighted by molar-refractivity contribution is 6.04. The number of ether oxygens (including phenoxy) is 2. The summed E-state index contributed by atoms with van der Waals surface area (Å²) in [7, 11) is 1.55. The van der Waals surface area contributed by atoms with Crippen molar-refractivity contribution in [2.45, 2.75) is 13.1 Å². The van der Waals surface area contributed by atoms with Crippen LogP contribution in [-0.4, -0.2) is 54.8 Å². The van der Waals surface area contributed by atoms with Crippen LogP contribution in [0, 0.1) is 6.92 Å². The number of carbonyl (C=O) groups is 1. The molecule has 0 saturated carbocycles. The fourth-order valence-electron chi connectivity index (χ4n) is 4.37. The second kappa shape index (κ2) is 9.22. The van der Waals surface area contributed by atoms with Crippen molar-refractivity contribution in [1.29, 1.82) is 0 Å². The predicted octanol–water partition coefficient (Wildman–Crippen LogP) is 5.66. The van der Waals surface area contributed by atoms with Crippen molar-refractivity contribution in [2.24, 2.45) is 4.99 Å². The van der Waals surface area contributed by atoms with Crippen molar-refractivity contribution >= 4 is 17.4 Å². The average Bonchev–Trinajstić information content (AvgIpc) is 3.04. The first-order chi connectivity index (χ1) is 17.2. The second-order valence-electron chi connectivity index (χ2n) is 8.73. The molecule has 3 aromatic rings. The molecule has 1 saturated heterocycles. The molecule has 3 aromatic carbocycles. The molecule has 2 aliphatic heterocycles. The third-order valence-corrected chi connectivity index (χ3v) is 6.29. The van der Waals surface area contributed by atoms with Crippen LogP contribution in [0.15, 0.2) is 65.7 Å². The maximum absolute atomic E-state index is 13.4. The molecule has 1 amide bonds. The van der Waals surface area contributed by atoms with Gasteiger partial charge in [0.05, 0.1) is 18.2 Å². The third-order valence-electron chi connectivity index (χ3n) is 6.29. The molecule has 2 aliphatic rings. The van der Waals surface area contributed by atoms with Gasteiger partial charge >= 0.3 is 6.18 Å². The van der Waals surface area contributed by atoms with Crippen molar-refractivity contribution in [1.82, 2.24) is 9.80 Å². The van der Waals surface area contributed by atoms with E-state index in [1.165, 1.54) is 6.07 Å². The van der Waals surface area contributed by atoms with E-state index in [1.807, 2.05) is 24.0 Å². The summed E-state index contributed by atoms with van der Waals surface area (Å²) < 4.78 is 51.4. The Morgan fingerprint density at radius 1 is 0.972 bits per heavy atom. The number of methoxy groups -OCH3 is 1. The zero-order valence-corrected chi connectivity index (χ0v) is 19.8. The van der Waals surface area contributed by atoms with E-state index in [9.17, 15) is 18.0 Å². The number of alkyl halides is 3. The number of rotatable bonds is 2. The Labute approximate surface area is 206 Å². The van der Waals surface area contributed by atoms with Crippen LogP contribution in [0.5, 0.6) is 17.2 Å². The number of benzene rings is 3. The molecule has 6 nitrogen and oxygen atoms in total. The highest BCUT2D eigenvalue weighted by Gasteiger charge is 2.33. The molecule has 0 bridgehead atoms. The normalized spacial score (nSPS) is 15.3. The van der Waals surface area contributed by atoms with E-state index in [0.29, 0.717) is 54.6 Å². The number of amidine groups is 1. The fraction of sp³-hybridized carbons (Fsp3) is 0.259. The van der Waals surface area contributed by atoms with Crippen LogP contribution in [0.3, 0.4) is 0 Å². The molecule has 0 radical (unpaired) electrons. The Balaban J connectivity index is 1.45. The number of piperazine rings is 1. The van der Waals surface area contributed by atoms with Crippen molar-refractivity contribution in [3.8, 4) is 17.2 Å². The molecule has 9 heteroatoms. The summed E-state index contributed by atoms with van der Waals surface area (Å²) in [6.45, 7) is 3.74. The molecule has 186 valence electrons. The maximum Gasteiger partial charge on any atom is 0.416 e. The predicted molar refractivity (Wildman–Crippen MR) is 129 cm³/mol. The first-order valence-electron chi connectivity index (χ1n) is 11.5. The number of halogens is 3. The summed E-state index contributed by atoms with van der Waals surface area (Å²) in [6, 6.07) is 15.9. The van der Waals surface area contributed by atoms with Gasteiger partial charge in [0.1, 0.15) is 23.0 Å². The molecule has 0 aliphatic carbocycles. The number of nitrogens with zero attached hydrogens (tertiary/aromatic N) is 3. The molecule has 36 heavy (non-hydrogen) atoms.